The topological polar surface area (TPSA) is 57.5 Å². The minimum atomic E-state index is -0.794. The van der Waals surface area contributed by atoms with E-state index in [1.807, 2.05) is 6.08 Å². The zero-order valence-electron chi connectivity index (χ0n) is 22.2. The predicted molar refractivity (Wildman–Crippen MR) is 135 cm³/mol. The molecule has 0 bridgehead atoms. The summed E-state index contributed by atoms with van der Waals surface area (Å²) in [4.78, 5) is 11.1. The Kier molecular flexibility index (Phi) is 6.25. The molecule has 0 unspecified atom stereocenters. The number of carboxylic acid groups (broad SMARTS) is 1. The molecule has 4 aliphatic carbocycles. The third-order valence-corrected chi connectivity index (χ3v) is 12.0. The molecule has 0 aromatic rings. The van der Waals surface area contributed by atoms with Crippen LogP contribution in [-0.2, 0) is 4.79 Å². The molecular formula is C30H48O3. The number of hydrogen-bond donors (Lipinski definition) is 2. The van der Waals surface area contributed by atoms with E-state index in [-0.39, 0.29) is 11.5 Å². The van der Waals surface area contributed by atoms with Crippen LogP contribution in [0.1, 0.15) is 106 Å². The van der Waals surface area contributed by atoms with Crippen LogP contribution in [-0.4, -0.2) is 22.3 Å². The van der Waals surface area contributed by atoms with Gasteiger partial charge >= 0.3 is 5.97 Å². The van der Waals surface area contributed by atoms with Gasteiger partial charge in [0.05, 0.1) is 6.10 Å². The van der Waals surface area contributed by atoms with Crippen molar-refractivity contribution in [3.05, 3.63) is 23.3 Å². The van der Waals surface area contributed by atoms with E-state index in [2.05, 4.69) is 47.6 Å². The second kappa shape index (κ2) is 8.25. The summed E-state index contributed by atoms with van der Waals surface area (Å²) in [6.07, 6.45) is 14.7. The van der Waals surface area contributed by atoms with Crippen LogP contribution in [0.5, 0.6) is 0 Å². The van der Waals surface area contributed by atoms with Crippen molar-refractivity contribution in [2.24, 2.45) is 45.3 Å². The van der Waals surface area contributed by atoms with E-state index in [1.54, 1.807) is 12.5 Å². The van der Waals surface area contributed by atoms with E-state index in [1.165, 1.54) is 32.1 Å². The molecule has 33 heavy (non-hydrogen) atoms. The van der Waals surface area contributed by atoms with Gasteiger partial charge in [0.2, 0.25) is 0 Å². The van der Waals surface area contributed by atoms with Gasteiger partial charge in [-0.2, -0.15) is 0 Å². The van der Waals surface area contributed by atoms with Gasteiger partial charge in [0, 0.05) is 11.0 Å². The van der Waals surface area contributed by atoms with Crippen LogP contribution in [0.3, 0.4) is 0 Å². The van der Waals surface area contributed by atoms with Crippen molar-refractivity contribution in [3.8, 4) is 0 Å². The maximum atomic E-state index is 11.1. The Morgan fingerprint density at radius 3 is 2.45 bits per heavy atom. The van der Waals surface area contributed by atoms with Crippen molar-refractivity contribution in [2.75, 3.05) is 0 Å². The van der Waals surface area contributed by atoms with E-state index in [0.717, 1.165) is 37.5 Å². The second-order valence-electron chi connectivity index (χ2n) is 13.5. The summed E-state index contributed by atoms with van der Waals surface area (Å²) in [5.74, 6) is 1.89. The zero-order chi connectivity index (χ0) is 24.4. The van der Waals surface area contributed by atoms with Crippen molar-refractivity contribution < 1.29 is 15.0 Å². The van der Waals surface area contributed by atoms with E-state index < -0.39 is 5.97 Å². The Morgan fingerprint density at radius 2 is 1.79 bits per heavy atom. The first kappa shape index (κ1) is 25.0. The molecule has 0 spiro atoms. The molecule has 0 aromatic carbocycles. The Hall–Kier alpha value is -1.09. The quantitative estimate of drug-likeness (QED) is 0.335. The van der Waals surface area contributed by atoms with E-state index in [4.69, 9.17) is 5.11 Å². The van der Waals surface area contributed by atoms with Crippen LogP contribution in [0.2, 0.25) is 0 Å². The lowest BCUT2D eigenvalue weighted by Gasteiger charge is -2.66. The SMILES string of the molecule is CC(=CCC[C@@H](C)[C@H]1CC[C@@]2(C)[C@@H]3CC=C4[C@@H](CC[C@@H](O)C4(C)C)[C@]3(C)CC[C@]12C)C(=O)O. The Labute approximate surface area is 202 Å². The molecular weight excluding hydrogens is 408 g/mol. The predicted octanol–water partition coefficient (Wildman–Crippen LogP) is 7.40. The molecule has 2 N–H and O–H groups in total. The number of allylic oxidation sites excluding steroid dienone is 2. The Bertz CT molecular complexity index is 853. The summed E-state index contributed by atoms with van der Waals surface area (Å²) in [5.41, 5.74) is 2.99. The molecule has 8 atom stereocenters. The molecule has 0 aromatic heterocycles. The summed E-state index contributed by atoms with van der Waals surface area (Å²) >= 11 is 0. The molecule has 3 nitrogen and oxygen atoms in total. The molecule has 3 fully saturated rings. The summed E-state index contributed by atoms with van der Waals surface area (Å²) in [6.45, 7) is 16.5. The van der Waals surface area contributed by atoms with E-state index in [0.29, 0.717) is 33.7 Å². The number of aliphatic carboxylic acids is 1. The molecule has 4 aliphatic rings. The number of carbonyl (C=O) groups is 1. The molecule has 0 aliphatic heterocycles. The van der Waals surface area contributed by atoms with Gasteiger partial charge in [-0.1, -0.05) is 59.3 Å². The second-order valence-corrected chi connectivity index (χ2v) is 13.5. The van der Waals surface area contributed by atoms with Crippen LogP contribution in [0, 0.1) is 45.3 Å². The fourth-order valence-electron chi connectivity index (χ4n) is 9.48. The smallest absolute Gasteiger partial charge is 0.330 e. The first-order valence-corrected chi connectivity index (χ1v) is 13.6. The number of hydrogen-bond acceptors (Lipinski definition) is 2. The minimum Gasteiger partial charge on any atom is -0.478 e. The van der Waals surface area contributed by atoms with Crippen LogP contribution in [0.25, 0.3) is 0 Å². The molecule has 0 amide bonds. The van der Waals surface area contributed by atoms with Gasteiger partial charge in [-0.15, -0.1) is 0 Å². The highest BCUT2D eigenvalue weighted by molar-refractivity contribution is 5.85. The fourth-order valence-corrected chi connectivity index (χ4v) is 9.48. The summed E-state index contributed by atoms with van der Waals surface area (Å²) in [5, 5.41) is 19.9. The van der Waals surface area contributed by atoms with Gasteiger partial charge in [-0.05, 0) is 105 Å². The van der Waals surface area contributed by atoms with E-state index >= 15 is 0 Å². The third kappa shape index (κ3) is 3.58. The number of carboxylic acids is 1. The highest BCUT2D eigenvalue weighted by Gasteiger charge is 2.67. The maximum absolute atomic E-state index is 11.1. The molecule has 3 heteroatoms. The molecule has 186 valence electrons. The van der Waals surface area contributed by atoms with Crippen molar-refractivity contribution in [3.63, 3.8) is 0 Å². The first-order valence-electron chi connectivity index (χ1n) is 13.6. The van der Waals surface area contributed by atoms with Gasteiger partial charge < -0.3 is 10.2 Å². The largest absolute Gasteiger partial charge is 0.478 e. The van der Waals surface area contributed by atoms with Crippen LogP contribution >= 0.6 is 0 Å². The van der Waals surface area contributed by atoms with Gasteiger partial charge in [-0.25, -0.2) is 4.79 Å². The lowest BCUT2D eigenvalue weighted by atomic mass is 9.39. The monoisotopic (exact) mass is 456 g/mol. The van der Waals surface area contributed by atoms with Crippen LogP contribution in [0.15, 0.2) is 23.3 Å². The van der Waals surface area contributed by atoms with Crippen molar-refractivity contribution in [1.29, 1.82) is 0 Å². The molecule has 4 rings (SSSR count). The van der Waals surface area contributed by atoms with Gasteiger partial charge in [0.25, 0.3) is 0 Å². The fraction of sp³-hybridized carbons (Fsp3) is 0.833. The van der Waals surface area contributed by atoms with Gasteiger partial charge in [0.15, 0.2) is 0 Å². The number of aliphatic hydroxyl groups is 1. The van der Waals surface area contributed by atoms with Crippen LogP contribution in [0.4, 0.5) is 0 Å². The minimum absolute atomic E-state index is 0.0904. The van der Waals surface area contributed by atoms with Crippen molar-refractivity contribution >= 4 is 5.97 Å². The van der Waals surface area contributed by atoms with Crippen molar-refractivity contribution in [1.82, 2.24) is 0 Å². The Morgan fingerprint density at radius 1 is 1.09 bits per heavy atom. The van der Waals surface area contributed by atoms with Crippen LogP contribution < -0.4 is 0 Å². The average molecular weight is 457 g/mol. The molecule has 0 radical (unpaired) electrons. The number of rotatable bonds is 5. The summed E-state index contributed by atoms with van der Waals surface area (Å²) in [7, 11) is 0. The summed E-state index contributed by atoms with van der Waals surface area (Å²) < 4.78 is 0. The van der Waals surface area contributed by atoms with Gasteiger partial charge in [0.1, 0.15) is 0 Å². The normalized spacial score (nSPS) is 45.5. The lowest BCUT2D eigenvalue weighted by molar-refractivity contribution is -0.145. The molecule has 3 saturated carbocycles. The lowest BCUT2D eigenvalue weighted by Crippen LogP contribution is -2.59. The Balaban J connectivity index is 1.58. The highest BCUT2D eigenvalue weighted by atomic mass is 16.4. The summed E-state index contributed by atoms with van der Waals surface area (Å²) in [6, 6.07) is 0. The maximum Gasteiger partial charge on any atom is 0.330 e. The molecule has 0 heterocycles. The number of fused-ring (bicyclic) bond motifs is 5. The molecule has 0 saturated heterocycles. The average Bonchev–Trinajstić information content (AvgIpc) is 3.02. The standard InChI is InChI=1S/C30H48O3/c1-19(9-8-10-20(2)26(32)33)21-15-16-30(7)24-13-11-22-23(12-14-25(31)27(22,3)4)28(24,5)17-18-29(21,30)6/h10-11,19,21,23-25,31H,8-9,12-18H2,1-7H3,(H,32,33)/t19-,21-,23-,24-,25-,28+,29-,30+/m1/s1. The van der Waals surface area contributed by atoms with Gasteiger partial charge in [-0.3, -0.25) is 0 Å². The van der Waals surface area contributed by atoms with E-state index in [9.17, 15) is 9.90 Å². The number of aliphatic hydroxyl groups excluding tert-OH is 1. The highest BCUT2D eigenvalue weighted by Crippen LogP contribution is 2.74. The first-order chi connectivity index (χ1) is 15.3. The van der Waals surface area contributed by atoms with Crippen molar-refractivity contribution in [2.45, 2.75) is 112 Å². The zero-order valence-corrected chi connectivity index (χ0v) is 22.2. The third-order valence-electron chi connectivity index (χ3n) is 12.0.